The van der Waals surface area contributed by atoms with Crippen LogP contribution in [0.15, 0.2) is 42.0 Å². The summed E-state index contributed by atoms with van der Waals surface area (Å²) in [5.74, 6) is 0.779. The summed E-state index contributed by atoms with van der Waals surface area (Å²) in [5.41, 5.74) is 0.664. The molecule has 5 heteroatoms. The van der Waals surface area contributed by atoms with Crippen molar-refractivity contribution < 1.29 is 4.79 Å². The molecule has 2 aromatic rings. The van der Waals surface area contributed by atoms with Gasteiger partial charge in [-0.25, -0.2) is 0 Å². The molecule has 0 radical (unpaired) electrons. The zero-order chi connectivity index (χ0) is 16.1. The number of carbonyl (C=O) groups excluding carboxylic acids is 1. The van der Waals surface area contributed by atoms with Crippen LogP contribution in [0.5, 0.6) is 0 Å². The van der Waals surface area contributed by atoms with E-state index in [-0.39, 0.29) is 11.9 Å². The molecule has 0 aliphatic carbocycles. The van der Waals surface area contributed by atoms with E-state index < -0.39 is 0 Å². The van der Waals surface area contributed by atoms with Crippen LogP contribution < -0.4 is 5.32 Å². The van der Waals surface area contributed by atoms with Crippen LogP contribution in [0.3, 0.4) is 0 Å². The van der Waals surface area contributed by atoms with Gasteiger partial charge in [-0.1, -0.05) is 13.0 Å². The van der Waals surface area contributed by atoms with Gasteiger partial charge in [0.05, 0.1) is 6.04 Å². The predicted octanol–water partition coefficient (Wildman–Crippen LogP) is 3.35. The number of nitrogens with one attached hydrogen (secondary N) is 1. The molecule has 0 bridgehead atoms. The van der Waals surface area contributed by atoms with E-state index in [1.54, 1.807) is 35.9 Å². The lowest BCUT2D eigenvalue weighted by atomic mass is 9.97. The highest BCUT2D eigenvalue weighted by Crippen LogP contribution is 2.29. The summed E-state index contributed by atoms with van der Waals surface area (Å²) in [6, 6.07) is 8.03. The average Bonchev–Trinajstić information content (AvgIpc) is 3.11. The third kappa shape index (κ3) is 4.18. The third-order valence-electron chi connectivity index (χ3n) is 4.53. The van der Waals surface area contributed by atoms with Crippen molar-refractivity contribution in [2.75, 3.05) is 19.6 Å². The molecule has 3 heterocycles. The van der Waals surface area contributed by atoms with E-state index in [4.69, 9.17) is 0 Å². The molecule has 1 N–H and O–H groups in total. The van der Waals surface area contributed by atoms with Gasteiger partial charge in [-0.15, -0.1) is 11.3 Å². The quantitative estimate of drug-likeness (QED) is 0.915. The van der Waals surface area contributed by atoms with Gasteiger partial charge in [0.15, 0.2) is 0 Å². The summed E-state index contributed by atoms with van der Waals surface area (Å²) in [6.45, 7) is 5.18. The van der Waals surface area contributed by atoms with Gasteiger partial charge in [0.25, 0.3) is 5.91 Å². The Hall–Kier alpha value is -1.72. The lowest BCUT2D eigenvalue weighted by Crippen LogP contribution is -2.41. The van der Waals surface area contributed by atoms with Gasteiger partial charge in [0.1, 0.15) is 0 Å². The van der Waals surface area contributed by atoms with Gasteiger partial charge in [0.2, 0.25) is 0 Å². The van der Waals surface area contributed by atoms with Gasteiger partial charge in [-0.2, -0.15) is 0 Å². The number of hydrogen-bond acceptors (Lipinski definition) is 4. The van der Waals surface area contributed by atoms with Crippen LogP contribution in [0, 0.1) is 5.92 Å². The minimum Gasteiger partial charge on any atom is -0.350 e. The largest absolute Gasteiger partial charge is 0.350 e. The van der Waals surface area contributed by atoms with E-state index in [9.17, 15) is 4.79 Å². The Bertz CT molecular complexity index is 606. The molecule has 23 heavy (non-hydrogen) atoms. The number of nitrogens with zero attached hydrogens (tertiary/aromatic N) is 2. The highest BCUT2D eigenvalue weighted by Gasteiger charge is 2.25. The van der Waals surface area contributed by atoms with Crippen molar-refractivity contribution in [2.24, 2.45) is 5.92 Å². The molecule has 0 spiro atoms. The predicted molar refractivity (Wildman–Crippen MR) is 93.6 cm³/mol. The molecule has 0 saturated carbocycles. The molecular weight excluding hydrogens is 306 g/mol. The van der Waals surface area contributed by atoms with Crippen LogP contribution in [-0.4, -0.2) is 35.4 Å². The van der Waals surface area contributed by atoms with Crippen LogP contribution >= 0.6 is 11.3 Å². The lowest BCUT2D eigenvalue weighted by molar-refractivity contribution is 0.0915. The van der Waals surface area contributed by atoms with Gasteiger partial charge in [-0.3, -0.25) is 14.7 Å². The normalized spacial score (nSPS) is 17.8. The molecule has 0 aromatic carbocycles. The monoisotopic (exact) mass is 329 g/mol. The number of piperidine rings is 1. The summed E-state index contributed by atoms with van der Waals surface area (Å²) < 4.78 is 0. The molecule has 1 atom stereocenters. The van der Waals surface area contributed by atoms with Crippen LogP contribution in [0.1, 0.15) is 41.0 Å². The second-order valence-corrected chi connectivity index (χ2v) is 7.17. The van der Waals surface area contributed by atoms with Gasteiger partial charge >= 0.3 is 0 Å². The maximum absolute atomic E-state index is 12.3. The average molecular weight is 329 g/mol. The van der Waals surface area contributed by atoms with E-state index in [1.165, 1.54) is 17.7 Å². The Balaban J connectivity index is 1.66. The second-order valence-electron chi connectivity index (χ2n) is 6.20. The van der Waals surface area contributed by atoms with Crippen molar-refractivity contribution in [3.8, 4) is 0 Å². The Morgan fingerprint density at radius 2 is 2.09 bits per heavy atom. The summed E-state index contributed by atoms with van der Waals surface area (Å²) in [5, 5.41) is 5.20. The maximum atomic E-state index is 12.3. The number of likely N-dealkylation sites (tertiary alicyclic amines) is 1. The number of pyridine rings is 1. The van der Waals surface area contributed by atoms with Gasteiger partial charge in [-0.05, 0) is 55.4 Å². The van der Waals surface area contributed by atoms with E-state index in [0.717, 1.165) is 19.0 Å². The van der Waals surface area contributed by atoms with Gasteiger partial charge < -0.3 is 5.32 Å². The molecule has 1 unspecified atom stereocenters. The van der Waals surface area contributed by atoms with Crippen molar-refractivity contribution in [1.29, 1.82) is 0 Å². The summed E-state index contributed by atoms with van der Waals surface area (Å²) in [7, 11) is 0. The number of aromatic nitrogens is 1. The van der Waals surface area contributed by atoms with E-state index in [0.29, 0.717) is 12.1 Å². The highest BCUT2D eigenvalue weighted by molar-refractivity contribution is 7.10. The van der Waals surface area contributed by atoms with Crippen LogP contribution in [0.4, 0.5) is 0 Å². The first-order valence-electron chi connectivity index (χ1n) is 8.19. The fourth-order valence-corrected chi connectivity index (χ4v) is 3.89. The summed E-state index contributed by atoms with van der Waals surface area (Å²) in [6.07, 6.45) is 5.77. The van der Waals surface area contributed by atoms with Crippen molar-refractivity contribution in [3.05, 3.63) is 52.5 Å². The van der Waals surface area contributed by atoms with E-state index in [2.05, 4.69) is 39.6 Å². The topological polar surface area (TPSA) is 45.2 Å². The number of amides is 1. The van der Waals surface area contributed by atoms with Crippen molar-refractivity contribution in [3.63, 3.8) is 0 Å². The van der Waals surface area contributed by atoms with Crippen molar-refractivity contribution >= 4 is 17.2 Å². The zero-order valence-corrected chi connectivity index (χ0v) is 14.3. The lowest BCUT2D eigenvalue weighted by Gasteiger charge is -2.36. The molecule has 1 aliphatic rings. The SMILES string of the molecule is CC1CCN(C(CNC(=O)c2ccncc2)c2cccs2)CC1. The van der Waals surface area contributed by atoms with Crippen molar-refractivity contribution in [1.82, 2.24) is 15.2 Å². The fourth-order valence-electron chi connectivity index (χ4n) is 3.03. The Kier molecular flexibility index (Phi) is 5.41. The summed E-state index contributed by atoms with van der Waals surface area (Å²) >= 11 is 1.77. The maximum Gasteiger partial charge on any atom is 0.251 e. The molecule has 122 valence electrons. The number of hydrogen-bond donors (Lipinski definition) is 1. The first-order valence-corrected chi connectivity index (χ1v) is 9.07. The van der Waals surface area contributed by atoms with E-state index in [1.807, 2.05) is 0 Å². The molecule has 2 aromatic heterocycles. The molecule has 1 amide bonds. The van der Waals surface area contributed by atoms with Crippen LogP contribution in [0.2, 0.25) is 0 Å². The first kappa shape index (κ1) is 16.1. The van der Waals surface area contributed by atoms with Gasteiger partial charge in [0, 0.05) is 29.4 Å². The smallest absolute Gasteiger partial charge is 0.251 e. The molecule has 3 rings (SSSR count). The first-order chi connectivity index (χ1) is 11.2. The molecule has 4 nitrogen and oxygen atoms in total. The minimum atomic E-state index is -0.0284. The number of rotatable bonds is 5. The van der Waals surface area contributed by atoms with Crippen molar-refractivity contribution in [2.45, 2.75) is 25.8 Å². The molecule has 1 fully saturated rings. The minimum absolute atomic E-state index is 0.0284. The Labute approximate surface area is 141 Å². The summed E-state index contributed by atoms with van der Waals surface area (Å²) in [4.78, 5) is 20.1. The zero-order valence-electron chi connectivity index (χ0n) is 13.4. The number of thiophene rings is 1. The standard InChI is InChI=1S/C18H23N3OS/c1-14-6-10-21(11-7-14)16(17-3-2-12-23-17)13-20-18(22)15-4-8-19-9-5-15/h2-5,8-9,12,14,16H,6-7,10-11,13H2,1H3,(H,20,22). The fraction of sp³-hybridized carbons (Fsp3) is 0.444. The Morgan fingerprint density at radius 1 is 1.35 bits per heavy atom. The molecule has 1 aliphatic heterocycles. The highest BCUT2D eigenvalue weighted by atomic mass is 32.1. The number of carbonyl (C=O) groups is 1. The van der Waals surface area contributed by atoms with Crippen LogP contribution in [-0.2, 0) is 0 Å². The van der Waals surface area contributed by atoms with E-state index >= 15 is 0 Å². The Morgan fingerprint density at radius 3 is 2.74 bits per heavy atom. The second kappa shape index (κ2) is 7.70. The van der Waals surface area contributed by atoms with Crippen LogP contribution in [0.25, 0.3) is 0 Å². The molecular formula is C18H23N3OS. The molecule has 1 saturated heterocycles. The third-order valence-corrected chi connectivity index (χ3v) is 5.50.